The lowest BCUT2D eigenvalue weighted by molar-refractivity contribution is 0.103. The predicted molar refractivity (Wildman–Crippen MR) is 195 cm³/mol. The highest BCUT2D eigenvalue weighted by atomic mass is 16.5. The van der Waals surface area contributed by atoms with Crippen molar-refractivity contribution in [3.63, 3.8) is 0 Å². The summed E-state index contributed by atoms with van der Waals surface area (Å²) in [5.41, 5.74) is 6.84. The third-order valence-corrected chi connectivity index (χ3v) is 9.20. The molecule has 5 rings (SSSR count). The lowest BCUT2D eigenvalue weighted by Gasteiger charge is -2.27. The van der Waals surface area contributed by atoms with E-state index in [-0.39, 0.29) is 16.8 Å². The molecule has 5 aromatic rings. The van der Waals surface area contributed by atoms with Crippen molar-refractivity contribution in [1.82, 2.24) is 0 Å². The quantitative estimate of drug-likeness (QED) is 0.122. The predicted octanol–water partition coefficient (Wildman–Crippen LogP) is 12.0. The molecule has 0 heterocycles. The SMILES string of the molecule is CCc1ccc(N(c2ccc(Oc3ccc(C(=O)c4ccc(C(C)(C)CC)cc4)cc3)cc2)c2ccc(OC(C)(C)CC)cc2)cc1. The van der Waals surface area contributed by atoms with Crippen LogP contribution in [0.3, 0.4) is 0 Å². The number of hydrogen-bond acceptors (Lipinski definition) is 4. The Hall–Kier alpha value is -4.83. The van der Waals surface area contributed by atoms with E-state index in [0.717, 1.165) is 42.1 Å². The van der Waals surface area contributed by atoms with Gasteiger partial charge in [-0.25, -0.2) is 0 Å². The zero-order chi connectivity index (χ0) is 33.6. The average Bonchev–Trinajstić information content (AvgIpc) is 3.10. The maximum atomic E-state index is 13.2. The van der Waals surface area contributed by atoms with Crippen LogP contribution in [-0.4, -0.2) is 11.4 Å². The number of aryl methyl sites for hydroxylation is 1. The summed E-state index contributed by atoms with van der Waals surface area (Å²) in [7, 11) is 0. The van der Waals surface area contributed by atoms with Crippen LogP contribution >= 0.6 is 0 Å². The molecule has 0 aliphatic carbocycles. The smallest absolute Gasteiger partial charge is 0.193 e. The van der Waals surface area contributed by atoms with E-state index in [1.165, 1.54) is 11.1 Å². The Kier molecular flexibility index (Phi) is 10.2. The van der Waals surface area contributed by atoms with Gasteiger partial charge >= 0.3 is 0 Å². The summed E-state index contributed by atoms with van der Waals surface area (Å²) in [6, 6.07) is 40.4. The monoisotopic (exact) mass is 625 g/mol. The number of ketones is 1. The largest absolute Gasteiger partial charge is 0.488 e. The molecule has 0 saturated heterocycles. The zero-order valence-electron chi connectivity index (χ0n) is 28.8. The molecule has 0 fully saturated rings. The minimum atomic E-state index is -0.221. The second-order valence-electron chi connectivity index (χ2n) is 13.3. The lowest BCUT2D eigenvalue weighted by atomic mass is 9.82. The number of carbonyl (C=O) groups is 1. The first-order valence-electron chi connectivity index (χ1n) is 16.7. The zero-order valence-corrected chi connectivity index (χ0v) is 28.8. The van der Waals surface area contributed by atoms with E-state index in [9.17, 15) is 4.79 Å². The van der Waals surface area contributed by atoms with Crippen molar-refractivity contribution < 1.29 is 14.3 Å². The molecule has 0 bridgehead atoms. The molecule has 0 saturated carbocycles. The molecular formula is C43H47NO3. The average molecular weight is 626 g/mol. The summed E-state index contributed by atoms with van der Waals surface area (Å²) in [5, 5.41) is 0. The first-order chi connectivity index (χ1) is 22.5. The Morgan fingerprint density at radius 2 is 0.979 bits per heavy atom. The van der Waals surface area contributed by atoms with Crippen LogP contribution in [0.2, 0.25) is 0 Å². The summed E-state index contributed by atoms with van der Waals surface area (Å²) in [4.78, 5) is 15.4. The first kappa shape index (κ1) is 33.5. The van der Waals surface area contributed by atoms with E-state index in [4.69, 9.17) is 9.47 Å². The molecule has 0 amide bonds. The van der Waals surface area contributed by atoms with Crippen LogP contribution in [0, 0.1) is 0 Å². The van der Waals surface area contributed by atoms with Crippen LogP contribution in [0.25, 0.3) is 0 Å². The van der Waals surface area contributed by atoms with E-state index >= 15 is 0 Å². The molecule has 4 heteroatoms. The van der Waals surface area contributed by atoms with Gasteiger partial charge in [0.1, 0.15) is 22.8 Å². The van der Waals surface area contributed by atoms with E-state index < -0.39 is 0 Å². The van der Waals surface area contributed by atoms with Crippen molar-refractivity contribution >= 4 is 22.8 Å². The first-order valence-corrected chi connectivity index (χ1v) is 16.7. The highest BCUT2D eigenvalue weighted by Gasteiger charge is 2.20. The third-order valence-electron chi connectivity index (χ3n) is 9.20. The van der Waals surface area contributed by atoms with E-state index in [1.54, 1.807) is 0 Å². The van der Waals surface area contributed by atoms with Gasteiger partial charge in [-0.3, -0.25) is 4.79 Å². The van der Waals surface area contributed by atoms with Gasteiger partial charge in [0.25, 0.3) is 0 Å². The molecule has 0 radical (unpaired) electrons. The van der Waals surface area contributed by atoms with E-state index in [1.807, 2.05) is 60.7 Å². The molecule has 242 valence electrons. The highest BCUT2D eigenvalue weighted by Crippen LogP contribution is 2.37. The number of nitrogens with zero attached hydrogens (tertiary/aromatic N) is 1. The van der Waals surface area contributed by atoms with Crippen molar-refractivity contribution in [3.05, 3.63) is 144 Å². The van der Waals surface area contributed by atoms with Gasteiger partial charge in [-0.1, -0.05) is 71.0 Å². The fraction of sp³-hybridized carbons (Fsp3) is 0.279. The maximum absolute atomic E-state index is 13.2. The number of ether oxygens (including phenoxy) is 2. The van der Waals surface area contributed by atoms with Gasteiger partial charge in [0.2, 0.25) is 0 Å². The molecular weight excluding hydrogens is 578 g/mol. The topological polar surface area (TPSA) is 38.8 Å². The molecule has 0 spiro atoms. The van der Waals surface area contributed by atoms with Crippen molar-refractivity contribution in [2.75, 3.05) is 4.90 Å². The minimum absolute atomic E-state index is 0.00230. The Bertz CT molecular complexity index is 1750. The molecule has 0 unspecified atom stereocenters. The Balaban J connectivity index is 1.32. The standard InChI is InChI=1S/C43H47NO3/c1-8-31-11-19-35(20-12-31)44(37-23-29-40(30-24-37)47-43(6,7)10-3)36-21-27-39(28-22-36)46-38-25-15-33(16-26-38)41(45)32-13-17-34(18-14-32)42(4,5)9-2/h11-30H,8-10H2,1-7H3. The number of rotatable bonds is 13. The van der Waals surface area contributed by atoms with Crippen LogP contribution in [-0.2, 0) is 11.8 Å². The molecule has 0 aliphatic heterocycles. The second kappa shape index (κ2) is 14.3. The van der Waals surface area contributed by atoms with Gasteiger partial charge in [0.05, 0.1) is 0 Å². The van der Waals surface area contributed by atoms with Crippen molar-refractivity contribution in [2.45, 2.75) is 78.7 Å². The molecule has 4 nitrogen and oxygen atoms in total. The van der Waals surface area contributed by atoms with Gasteiger partial charge in [-0.05, 0) is 135 Å². The minimum Gasteiger partial charge on any atom is -0.488 e. The lowest BCUT2D eigenvalue weighted by Crippen LogP contribution is -2.26. The summed E-state index contributed by atoms with van der Waals surface area (Å²) in [6.07, 6.45) is 2.95. The Morgan fingerprint density at radius 1 is 0.553 bits per heavy atom. The number of hydrogen-bond donors (Lipinski definition) is 0. The number of anilines is 3. The maximum Gasteiger partial charge on any atom is 0.193 e. The van der Waals surface area contributed by atoms with Gasteiger partial charge in [0.15, 0.2) is 5.78 Å². The van der Waals surface area contributed by atoms with Crippen LogP contribution < -0.4 is 14.4 Å². The normalized spacial score (nSPS) is 11.6. The third kappa shape index (κ3) is 8.13. The van der Waals surface area contributed by atoms with Gasteiger partial charge < -0.3 is 14.4 Å². The molecule has 47 heavy (non-hydrogen) atoms. The number of carbonyl (C=O) groups excluding carboxylic acids is 1. The molecule has 0 N–H and O–H groups in total. The molecule has 5 aromatic carbocycles. The van der Waals surface area contributed by atoms with E-state index in [0.29, 0.717) is 22.6 Å². The molecule has 0 aliphatic rings. The fourth-order valence-corrected chi connectivity index (χ4v) is 5.30. The summed E-state index contributed by atoms with van der Waals surface area (Å²) >= 11 is 0. The molecule has 0 aromatic heterocycles. The van der Waals surface area contributed by atoms with E-state index in [2.05, 4.69) is 114 Å². The van der Waals surface area contributed by atoms with Crippen LogP contribution in [0.4, 0.5) is 17.1 Å². The van der Waals surface area contributed by atoms with Crippen molar-refractivity contribution in [2.24, 2.45) is 0 Å². The van der Waals surface area contributed by atoms with Crippen LogP contribution in [0.5, 0.6) is 17.2 Å². The van der Waals surface area contributed by atoms with Gasteiger partial charge in [-0.2, -0.15) is 0 Å². The van der Waals surface area contributed by atoms with Gasteiger partial charge in [-0.15, -0.1) is 0 Å². The summed E-state index contributed by atoms with van der Waals surface area (Å²) in [6.45, 7) is 15.1. The molecule has 0 atom stereocenters. The Labute approximate surface area is 281 Å². The highest BCUT2D eigenvalue weighted by molar-refractivity contribution is 6.09. The van der Waals surface area contributed by atoms with Crippen molar-refractivity contribution in [1.29, 1.82) is 0 Å². The van der Waals surface area contributed by atoms with Crippen LogP contribution in [0.1, 0.15) is 88.4 Å². The van der Waals surface area contributed by atoms with Gasteiger partial charge in [0, 0.05) is 28.2 Å². The second-order valence-corrected chi connectivity index (χ2v) is 13.3. The Morgan fingerprint density at radius 3 is 1.43 bits per heavy atom. The number of benzene rings is 5. The summed E-state index contributed by atoms with van der Waals surface area (Å²) in [5.74, 6) is 2.25. The van der Waals surface area contributed by atoms with Crippen molar-refractivity contribution in [3.8, 4) is 17.2 Å². The van der Waals surface area contributed by atoms with Crippen LogP contribution in [0.15, 0.2) is 121 Å². The fourth-order valence-electron chi connectivity index (χ4n) is 5.30. The summed E-state index contributed by atoms with van der Waals surface area (Å²) < 4.78 is 12.4.